The van der Waals surface area contributed by atoms with E-state index in [9.17, 15) is 9.18 Å². The first-order valence-corrected chi connectivity index (χ1v) is 6.41. The van der Waals surface area contributed by atoms with Crippen LogP contribution in [0.4, 0.5) is 4.39 Å². The molecule has 1 rings (SSSR count). The number of alkyl halides is 1. The molecule has 1 N–H and O–H groups in total. The van der Waals surface area contributed by atoms with Crippen molar-refractivity contribution < 1.29 is 9.18 Å². The third-order valence-electron chi connectivity index (χ3n) is 2.19. The van der Waals surface area contributed by atoms with E-state index in [2.05, 4.69) is 21.2 Å². The molecule has 0 aliphatic heterocycles. The van der Waals surface area contributed by atoms with Crippen molar-refractivity contribution >= 4 is 21.8 Å². The summed E-state index contributed by atoms with van der Waals surface area (Å²) < 4.78 is 12.6. The summed E-state index contributed by atoms with van der Waals surface area (Å²) in [5, 5.41) is 3.73. The average molecular weight is 288 g/mol. The lowest BCUT2D eigenvalue weighted by Crippen LogP contribution is -2.22. The lowest BCUT2D eigenvalue weighted by Gasteiger charge is -2.04. The van der Waals surface area contributed by atoms with Gasteiger partial charge in [-0.1, -0.05) is 28.1 Å². The van der Waals surface area contributed by atoms with E-state index in [1.165, 1.54) is 12.1 Å². The SMILES string of the molecule is O=C(CCCCBr)NCc1ccc(F)cc1. The van der Waals surface area contributed by atoms with E-state index in [1.807, 2.05) is 0 Å². The van der Waals surface area contributed by atoms with Gasteiger partial charge in [-0.15, -0.1) is 0 Å². The van der Waals surface area contributed by atoms with Gasteiger partial charge in [0.2, 0.25) is 5.91 Å². The number of unbranched alkanes of at least 4 members (excludes halogenated alkanes) is 1. The minimum atomic E-state index is -0.257. The van der Waals surface area contributed by atoms with Crippen molar-refractivity contribution in [1.29, 1.82) is 0 Å². The van der Waals surface area contributed by atoms with Crippen LogP contribution in [-0.2, 0) is 11.3 Å². The van der Waals surface area contributed by atoms with Crippen LogP contribution < -0.4 is 5.32 Å². The Bertz CT molecular complexity index is 326. The Morgan fingerprint density at radius 3 is 2.56 bits per heavy atom. The second kappa shape index (κ2) is 7.39. The molecule has 4 heteroatoms. The Balaban J connectivity index is 2.23. The molecule has 0 heterocycles. The molecule has 1 aromatic rings. The second-order valence-electron chi connectivity index (χ2n) is 3.55. The topological polar surface area (TPSA) is 29.1 Å². The van der Waals surface area contributed by atoms with Crippen molar-refractivity contribution in [2.24, 2.45) is 0 Å². The van der Waals surface area contributed by atoms with Crippen LogP contribution in [0.25, 0.3) is 0 Å². The van der Waals surface area contributed by atoms with Gasteiger partial charge >= 0.3 is 0 Å². The van der Waals surface area contributed by atoms with Gasteiger partial charge in [0.05, 0.1) is 0 Å². The zero-order valence-corrected chi connectivity index (χ0v) is 10.6. The molecule has 0 bridgehead atoms. The summed E-state index contributed by atoms with van der Waals surface area (Å²) in [7, 11) is 0. The molecule has 88 valence electrons. The summed E-state index contributed by atoms with van der Waals surface area (Å²) in [6.45, 7) is 0.466. The van der Waals surface area contributed by atoms with Crippen LogP contribution in [0.3, 0.4) is 0 Å². The van der Waals surface area contributed by atoms with Crippen LogP contribution in [0.15, 0.2) is 24.3 Å². The minimum absolute atomic E-state index is 0.0466. The highest BCUT2D eigenvalue weighted by atomic mass is 79.9. The van der Waals surface area contributed by atoms with Gasteiger partial charge in [0.1, 0.15) is 5.82 Å². The zero-order chi connectivity index (χ0) is 11.8. The first-order valence-electron chi connectivity index (χ1n) is 5.29. The van der Waals surface area contributed by atoms with Gasteiger partial charge in [-0.3, -0.25) is 4.79 Å². The molecule has 0 saturated heterocycles. The van der Waals surface area contributed by atoms with E-state index < -0.39 is 0 Å². The number of halogens is 2. The lowest BCUT2D eigenvalue weighted by atomic mass is 10.2. The Hall–Kier alpha value is -0.900. The van der Waals surface area contributed by atoms with Crippen LogP contribution in [0.5, 0.6) is 0 Å². The number of carbonyl (C=O) groups is 1. The lowest BCUT2D eigenvalue weighted by molar-refractivity contribution is -0.121. The van der Waals surface area contributed by atoms with Crippen molar-refractivity contribution in [3.8, 4) is 0 Å². The van der Waals surface area contributed by atoms with Crippen molar-refractivity contribution in [3.05, 3.63) is 35.6 Å². The van der Waals surface area contributed by atoms with Gasteiger partial charge in [-0.25, -0.2) is 4.39 Å². The fourth-order valence-corrected chi connectivity index (χ4v) is 1.67. The molecule has 1 aromatic carbocycles. The molecule has 0 fully saturated rings. The summed E-state index contributed by atoms with van der Waals surface area (Å²) in [6.07, 6.45) is 2.44. The molecule has 2 nitrogen and oxygen atoms in total. The molecule has 0 radical (unpaired) electrons. The third kappa shape index (κ3) is 5.26. The van der Waals surface area contributed by atoms with Crippen LogP contribution in [-0.4, -0.2) is 11.2 Å². The van der Waals surface area contributed by atoms with Crippen molar-refractivity contribution in [3.63, 3.8) is 0 Å². The van der Waals surface area contributed by atoms with Gasteiger partial charge in [0.25, 0.3) is 0 Å². The molecule has 16 heavy (non-hydrogen) atoms. The average Bonchev–Trinajstić information content (AvgIpc) is 2.29. The molecule has 0 atom stereocenters. The van der Waals surface area contributed by atoms with E-state index in [4.69, 9.17) is 0 Å². The summed E-state index contributed by atoms with van der Waals surface area (Å²) in [5.74, 6) is -0.210. The Morgan fingerprint density at radius 2 is 1.94 bits per heavy atom. The van der Waals surface area contributed by atoms with Gasteiger partial charge in [0.15, 0.2) is 0 Å². The first kappa shape index (κ1) is 13.2. The van der Waals surface area contributed by atoms with Gasteiger partial charge in [0, 0.05) is 18.3 Å². The van der Waals surface area contributed by atoms with Gasteiger partial charge in [-0.2, -0.15) is 0 Å². The number of hydrogen-bond donors (Lipinski definition) is 1. The van der Waals surface area contributed by atoms with E-state index in [-0.39, 0.29) is 11.7 Å². The summed E-state index contributed by atoms with van der Waals surface area (Å²) in [6, 6.07) is 6.14. The largest absolute Gasteiger partial charge is 0.352 e. The number of rotatable bonds is 6. The smallest absolute Gasteiger partial charge is 0.220 e. The van der Waals surface area contributed by atoms with Crippen LogP contribution in [0, 0.1) is 5.82 Å². The zero-order valence-electron chi connectivity index (χ0n) is 9.01. The van der Waals surface area contributed by atoms with E-state index >= 15 is 0 Å². The fourth-order valence-electron chi connectivity index (χ4n) is 1.27. The standard InChI is InChI=1S/C12H15BrFNO/c13-8-2-1-3-12(16)15-9-10-4-6-11(14)7-5-10/h4-7H,1-3,8-9H2,(H,15,16). The molecule has 0 aliphatic rings. The minimum Gasteiger partial charge on any atom is -0.352 e. The summed E-state index contributed by atoms with van der Waals surface area (Å²) in [5.41, 5.74) is 0.912. The van der Waals surface area contributed by atoms with E-state index in [0.29, 0.717) is 13.0 Å². The highest BCUT2D eigenvalue weighted by Gasteiger charge is 2.00. The molecule has 0 aromatic heterocycles. The number of amides is 1. The summed E-state index contributed by atoms with van der Waals surface area (Å²) in [4.78, 5) is 11.4. The van der Waals surface area contributed by atoms with E-state index in [1.54, 1.807) is 12.1 Å². The maximum atomic E-state index is 12.6. The monoisotopic (exact) mass is 287 g/mol. The molecular formula is C12H15BrFNO. The molecule has 0 unspecified atom stereocenters. The third-order valence-corrected chi connectivity index (χ3v) is 2.75. The number of benzene rings is 1. The van der Waals surface area contributed by atoms with Crippen molar-refractivity contribution in [2.75, 3.05) is 5.33 Å². The van der Waals surface area contributed by atoms with Crippen LogP contribution in [0.2, 0.25) is 0 Å². The number of nitrogens with one attached hydrogen (secondary N) is 1. The normalized spacial score (nSPS) is 10.1. The predicted octanol–water partition coefficient (Wildman–Crippen LogP) is 3.01. The fraction of sp³-hybridized carbons (Fsp3) is 0.417. The second-order valence-corrected chi connectivity index (χ2v) is 4.34. The Labute approximate surface area is 103 Å². The maximum absolute atomic E-state index is 12.6. The van der Waals surface area contributed by atoms with Crippen LogP contribution in [0.1, 0.15) is 24.8 Å². The maximum Gasteiger partial charge on any atom is 0.220 e. The van der Waals surface area contributed by atoms with Gasteiger partial charge < -0.3 is 5.32 Å². The Kier molecular flexibility index (Phi) is 6.08. The highest BCUT2D eigenvalue weighted by Crippen LogP contribution is 2.03. The van der Waals surface area contributed by atoms with Gasteiger partial charge in [-0.05, 0) is 30.5 Å². The molecule has 0 aliphatic carbocycles. The highest BCUT2D eigenvalue weighted by molar-refractivity contribution is 9.09. The van der Waals surface area contributed by atoms with Crippen molar-refractivity contribution in [1.82, 2.24) is 5.32 Å². The molecule has 1 amide bonds. The predicted molar refractivity (Wildman–Crippen MR) is 65.9 cm³/mol. The number of hydrogen-bond acceptors (Lipinski definition) is 1. The van der Waals surface area contributed by atoms with Crippen molar-refractivity contribution in [2.45, 2.75) is 25.8 Å². The molecule has 0 spiro atoms. The Morgan fingerprint density at radius 1 is 1.25 bits per heavy atom. The van der Waals surface area contributed by atoms with Crippen LogP contribution >= 0.6 is 15.9 Å². The summed E-state index contributed by atoms with van der Waals surface area (Å²) >= 11 is 3.31. The number of carbonyl (C=O) groups excluding carboxylic acids is 1. The molecule has 0 saturated carbocycles. The first-order chi connectivity index (χ1) is 7.72. The quantitative estimate of drug-likeness (QED) is 0.632. The molecular weight excluding hydrogens is 273 g/mol. The van der Waals surface area contributed by atoms with E-state index in [0.717, 1.165) is 23.7 Å².